The Labute approximate surface area is 99.0 Å². The van der Waals surface area contributed by atoms with Gasteiger partial charge in [-0.2, -0.15) is 17.0 Å². The number of carbonyl (C=O) groups excluding carboxylic acids is 1. The smallest absolute Gasteiger partial charge is 0.124 e. The minimum Gasteiger partial charge on any atom is -0.234 e. The van der Waals surface area contributed by atoms with Crippen LogP contribution in [-0.2, 0) is 11.2 Å². The molecule has 1 aliphatic rings. The highest BCUT2D eigenvalue weighted by molar-refractivity contribution is 8.00. The van der Waals surface area contributed by atoms with Crippen molar-refractivity contribution < 1.29 is 4.79 Å². The Kier molecular flexibility index (Phi) is 3.46. The van der Waals surface area contributed by atoms with E-state index < -0.39 is 0 Å². The fraction of sp³-hybridized carbons (Fsp3) is 0.308. The average Bonchev–Trinajstić information content (AvgIpc) is 2.77. The van der Waals surface area contributed by atoms with Crippen molar-refractivity contribution in [1.82, 2.24) is 0 Å². The highest BCUT2D eigenvalue weighted by atomic mass is 32.2. The number of nitriles is 1. The van der Waals surface area contributed by atoms with E-state index in [2.05, 4.69) is 6.07 Å². The maximum Gasteiger partial charge on any atom is 0.124 e. The van der Waals surface area contributed by atoms with E-state index in [4.69, 9.17) is 5.26 Å². The zero-order valence-corrected chi connectivity index (χ0v) is 9.59. The molecule has 1 aliphatic heterocycles. The Hall–Kier alpha value is -1.49. The summed E-state index contributed by atoms with van der Waals surface area (Å²) in [7, 11) is 0. The lowest BCUT2D eigenvalue weighted by atomic mass is 10.0. The lowest BCUT2D eigenvalue weighted by molar-refractivity contribution is 0.566. The quantitative estimate of drug-likeness (QED) is 0.731. The summed E-state index contributed by atoms with van der Waals surface area (Å²) in [6.45, 7) is 0. The van der Waals surface area contributed by atoms with E-state index in [0.717, 1.165) is 35.3 Å². The van der Waals surface area contributed by atoms with Crippen LogP contribution in [0.1, 0.15) is 17.5 Å². The highest BCUT2D eigenvalue weighted by Crippen LogP contribution is 2.32. The molecule has 0 radical (unpaired) electrons. The van der Waals surface area contributed by atoms with Crippen LogP contribution in [0.2, 0.25) is 0 Å². The van der Waals surface area contributed by atoms with E-state index in [1.807, 2.05) is 30.2 Å². The summed E-state index contributed by atoms with van der Waals surface area (Å²) in [5.74, 6) is 2.78. The number of hydrogen-bond acceptors (Lipinski definition) is 3. The SMILES string of the molecule is N#Cc1ccccc1CC1CC(=C=O)CS1. The van der Waals surface area contributed by atoms with Crippen molar-refractivity contribution >= 4 is 17.7 Å². The molecule has 0 spiro atoms. The van der Waals surface area contributed by atoms with Crippen LogP contribution in [-0.4, -0.2) is 16.9 Å². The van der Waals surface area contributed by atoms with Crippen molar-refractivity contribution in [3.05, 3.63) is 41.0 Å². The summed E-state index contributed by atoms with van der Waals surface area (Å²) in [6, 6.07) is 9.85. The van der Waals surface area contributed by atoms with Crippen molar-refractivity contribution in [1.29, 1.82) is 5.26 Å². The molecule has 2 nitrogen and oxygen atoms in total. The van der Waals surface area contributed by atoms with Gasteiger partial charge in [-0.1, -0.05) is 18.2 Å². The molecule has 16 heavy (non-hydrogen) atoms. The Balaban J connectivity index is 2.11. The first-order valence-electron chi connectivity index (χ1n) is 5.16. The lowest BCUT2D eigenvalue weighted by Gasteiger charge is -2.08. The first-order valence-corrected chi connectivity index (χ1v) is 6.21. The van der Waals surface area contributed by atoms with E-state index in [1.165, 1.54) is 0 Å². The summed E-state index contributed by atoms with van der Waals surface area (Å²) in [5, 5.41) is 9.39. The summed E-state index contributed by atoms with van der Waals surface area (Å²) < 4.78 is 0. The molecule has 0 bridgehead atoms. The average molecular weight is 229 g/mol. The molecule has 1 atom stereocenters. The van der Waals surface area contributed by atoms with Crippen LogP contribution in [0.5, 0.6) is 0 Å². The van der Waals surface area contributed by atoms with Gasteiger partial charge in [-0.15, -0.1) is 0 Å². The topological polar surface area (TPSA) is 40.9 Å². The normalized spacial score (nSPS) is 19.2. The molecule has 0 aromatic heterocycles. The van der Waals surface area contributed by atoms with Gasteiger partial charge in [-0.05, 0) is 24.5 Å². The first kappa shape index (κ1) is 11.0. The van der Waals surface area contributed by atoms with Gasteiger partial charge in [0.2, 0.25) is 0 Å². The summed E-state index contributed by atoms with van der Waals surface area (Å²) in [4.78, 5) is 10.5. The maximum absolute atomic E-state index is 10.5. The van der Waals surface area contributed by atoms with E-state index in [1.54, 1.807) is 11.8 Å². The molecule has 1 heterocycles. The van der Waals surface area contributed by atoms with Crippen LogP contribution in [0.25, 0.3) is 0 Å². The molecule has 2 rings (SSSR count). The van der Waals surface area contributed by atoms with E-state index in [-0.39, 0.29) is 0 Å². The highest BCUT2D eigenvalue weighted by Gasteiger charge is 2.21. The first-order chi connectivity index (χ1) is 7.83. The minimum absolute atomic E-state index is 0.422. The predicted octanol–water partition coefficient (Wildman–Crippen LogP) is 2.36. The van der Waals surface area contributed by atoms with E-state index in [0.29, 0.717) is 5.25 Å². The Morgan fingerprint density at radius 2 is 2.25 bits per heavy atom. The summed E-state index contributed by atoms with van der Waals surface area (Å²) >= 11 is 1.78. The van der Waals surface area contributed by atoms with Gasteiger partial charge in [0.25, 0.3) is 0 Å². The lowest BCUT2D eigenvalue weighted by Crippen LogP contribution is -2.03. The number of benzene rings is 1. The number of hydrogen-bond donors (Lipinski definition) is 0. The fourth-order valence-electron chi connectivity index (χ4n) is 1.87. The summed E-state index contributed by atoms with van der Waals surface area (Å²) in [6.07, 6.45) is 1.67. The fourth-order valence-corrected chi connectivity index (χ4v) is 3.10. The standard InChI is InChI=1S/C13H11NOS/c14-7-12-4-2-1-3-11(12)6-13-5-10(8-15)9-16-13/h1-4,13H,5-6,9H2. The van der Waals surface area contributed by atoms with Crippen LogP contribution in [0.15, 0.2) is 29.8 Å². The van der Waals surface area contributed by atoms with E-state index in [9.17, 15) is 4.79 Å². The second-order valence-electron chi connectivity index (χ2n) is 3.82. The predicted molar refractivity (Wildman–Crippen MR) is 64.9 cm³/mol. The molecule has 1 unspecified atom stereocenters. The molecule has 1 fully saturated rings. The number of rotatable bonds is 2. The van der Waals surface area contributed by atoms with Gasteiger partial charge in [0, 0.05) is 16.6 Å². The molecule has 0 aliphatic carbocycles. The van der Waals surface area contributed by atoms with Crippen LogP contribution in [0.4, 0.5) is 0 Å². The van der Waals surface area contributed by atoms with Crippen molar-refractivity contribution in [2.24, 2.45) is 0 Å². The van der Waals surface area contributed by atoms with Gasteiger partial charge in [0.05, 0.1) is 11.6 Å². The minimum atomic E-state index is 0.422. The summed E-state index contributed by atoms with van der Waals surface area (Å²) in [5.41, 5.74) is 2.69. The van der Waals surface area contributed by atoms with Crippen molar-refractivity contribution in [3.63, 3.8) is 0 Å². The third kappa shape index (κ3) is 2.36. The number of thioether (sulfide) groups is 1. The molecule has 0 amide bonds. The molecule has 1 aromatic rings. The second kappa shape index (κ2) is 5.03. The van der Waals surface area contributed by atoms with Gasteiger partial charge in [0.15, 0.2) is 0 Å². The monoisotopic (exact) mass is 229 g/mol. The molecule has 80 valence electrons. The van der Waals surface area contributed by atoms with Crippen molar-refractivity contribution in [2.75, 3.05) is 5.75 Å². The maximum atomic E-state index is 10.5. The van der Waals surface area contributed by atoms with Gasteiger partial charge < -0.3 is 0 Å². The zero-order valence-electron chi connectivity index (χ0n) is 8.77. The second-order valence-corrected chi connectivity index (χ2v) is 5.10. The molecule has 1 aromatic carbocycles. The van der Waals surface area contributed by atoms with Gasteiger partial charge in [-0.3, -0.25) is 0 Å². The Morgan fingerprint density at radius 3 is 2.94 bits per heavy atom. The van der Waals surface area contributed by atoms with Crippen LogP contribution in [0.3, 0.4) is 0 Å². The Bertz CT molecular complexity index is 483. The molecular formula is C13H11NOS. The van der Waals surface area contributed by atoms with Crippen LogP contribution >= 0.6 is 11.8 Å². The number of nitrogens with zero attached hydrogens (tertiary/aromatic N) is 1. The molecule has 0 saturated carbocycles. The van der Waals surface area contributed by atoms with Crippen LogP contribution in [0, 0.1) is 11.3 Å². The van der Waals surface area contributed by atoms with Crippen molar-refractivity contribution in [2.45, 2.75) is 18.1 Å². The van der Waals surface area contributed by atoms with Gasteiger partial charge >= 0.3 is 0 Å². The largest absolute Gasteiger partial charge is 0.234 e. The van der Waals surface area contributed by atoms with Gasteiger partial charge in [0.1, 0.15) is 5.94 Å². The van der Waals surface area contributed by atoms with Gasteiger partial charge in [-0.25, -0.2) is 4.79 Å². The molecule has 1 saturated heterocycles. The molecule has 0 N–H and O–H groups in total. The third-order valence-corrected chi connectivity index (χ3v) is 4.02. The Morgan fingerprint density at radius 1 is 1.44 bits per heavy atom. The zero-order chi connectivity index (χ0) is 11.4. The van der Waals surface area contributed by atoms with E-state index >= 15 is 0 Å². The van der Waals surface area contributed by atoms with Crippen molar-refractivity contribution in [3.8, 4) is 6.07 Å². The van der Waals surface area contributed by atoms with Crippen LogP contribution < -0.4 is 0 Å². The molecule has 3 heteroatoms. The third-order valence-electron chi connectivity index (χ3n) is 2.70. The molecular weight excluding hydrogens is 218 g/mol.